The Morgan fingerprint density at radius 3 is 2.56 bits per heavy atom. The highest BCUT2D eigenvalue weighted by molar-refractivity contribution is 7.98. The predicted molar refractivity (Wildman–Crippen MR) is 109 cm³/mol. The standard InChI is InChI=1S/C21H25FN2O2S/c1-15-4-3-5-17(14-15)20(25)24-19(11-13-27-2)21(26)23-12-10-16-6-8-18(22)9-7-16/h3-9,14,19H,10-13H2,1-2H3,(H,23,26)(H,24,25). The minimum Gasteiger partial charge on any atom is -0.354 e. The molecule has 1 unspecified atom stereocenters. The molecule has 0 bridgehead atoms. The van der Waals surface area contributed by atoms with Crippen molar-refractivity contribution in [1.29, 1.82) is 0 Å². The minimum atomic E-state index is -0.585. The molecule has 0 saturated heterocycles. The van der Waals surface area contributed by atoms with Crippen LogP contribution in [-0.2, 0) is 11.2 Å². The van der Waals surface area contributed by atoms with Gasteiger partial charge in [0.15, 0.2) is 0 Å². The Morgan fingerprint density at radius 1 is 1.15 bits per heavy atom. The molecule has 2 N–H and O–H groups in total. The van der Waals surface area contributed by atoms with E-state index < -0.39 is 6.04 Å². The van der Waals surface area contributed by atoms with E-state index in [1.54, 1.807) is 36.0 Å². The number of hydrogen-bond acceptors (Lipinski definition) is 3. The van der Waals surface area contributed by atoms with Gasteiger partial charge in [0.25, 0.3) is 5.91 Å². The molecule has 144 valence electrons. The van der Waals surface area contributed by atoms with Crippen LogP contribution in [0.15, 0.2) is 48.5 Å². The van der Waals surface area contributed by atoms with E-state index in [1.807, 2.05) is 25.3 Å². The number of aryl methyl sites for hydroxylation is 1. The van der Waals surface area contributed by atoms with Crippen molar-refractivity contribution in [1.82, 2.24) is 10.6 Å². The van der Waals surface area contributed by atoms with Crippen LogP contribution in [-0.4, -0.2) is 36.4 Å². The summed E-state index contributed by atoms with van der Waals surface area (Å²) in [5, 5.41) is 5.70. The fourth-order valence-corrected chi connectivity index (χ4v) is 3.11. The van der Waals surface area contributed by atoms with Crippen LogP contribution in [0.2, 0.25) is 0 Å². The van der Waals surface area contributed by atoms with E-state index in [9.17, 15) is 14.0 Å². The summed E-state index contributed by atoms with van der Waals surface area (Å²) in [7, 11) is 0. The third kappa shape index (κ3) is 7.06. The number of halogens is 1. The Hall–Kier alpha value is -2.34. The van der Waals surface area contributed by atoms with Gasteiger partial charge in [0.2, 0.25) is 5.91 Å². The number of benzene rings is 2. The molecule has 0 heterocycles. The van der Waals surface area contributed by atoms with Gasteiger partial charge in [-0.25, -0.2) is 4.39 Å². The molecule has 2 rings (SSSR count). The molecule has 0 fully saturated rings. The Labute approximate surface area is 163 Å². The van der Waals surface area contributed by atoms with Gasteiger partial charge in [-0.3, -0.25) is 9.59 Å². The van der Waals surface area contributed by atoms with Crippen LogP contribution in [0.3, 0.4) is 0 Å². The fourth-order valence-electron chi connectivity index (χ4n) is 2.64. The highest BCUT2D eigenvalue weighted by atomic mass is 32.2. The molecule has 0 aromatic heterocycles. The van der Waals surface area contributed by atoms with Gasteiger partial charge < -0.3 is 10.6 Å². The number of carbonyl (C=O) groups excluding carboxylic acids is 2. The second kappa shape index (κ2) is 10.7. The Balaban J connectivity index is 1.92. The molecular weight excluding hydrogens is 363 g/mol. The molecule has 2 aromatic rings. The van der Waals surface area contributed by atoms with Crippen LogP contribution in [0.25, 0.3) is 0 Å². The highest BCUT2D eigenvalue weighted by Crippen LogP contribution is 2.07. The second-order valence-electron chi connectivity index (χ2n) is 6.34. The van der Waals surface area contributed by atoms with Gasteiger partial charge in [-0.1, -0.05) is 29.8 Å². The van der Waals surface area contributed by atoms with Crippen LogP contribution in [0.5, 0.6) is 0 Å². The van der Waals surface area contributed by atoms with Gasteiger partial charge >= 0.3 is 0 Å². The van der Waals surface area contributed by atoms with Crippen molar-refractivity contribution in [2.24, 2.45) is 0 Å². The normalized spacial score (nSPS) is 11.7. The fraction of sp³-hybridized carbons (Fsp3) is 0.333. The number of rotatable bonds is 9. The lowest BCUT2D eigenvalue weighted by molar-refractivity contribution is -0.122. The monoisotopic (exact) mass is 388 g/mol. The van der Waals surface area contributed by atoms with Gasteiger partial charge in [-0.2, -0.15) is 11.8 Å². The van der Waals surface area contributed by atoms with Gasteiger partial charge in [0.1, 0.15) is 11.9 Å². The maximum atomic E-state index is 12.9. The van der Waals surface area contributed by atoms with Crippen molar-refractivity contribution in [2.45, 2.75) is 25.8 Å². The van der Waals surface area contributed by atoms with E-state index in [0.717, 1.165) is 16.9 Å². The zero-order valence-electron chi connectivity index (χ0n) is 15.6. The third-order valence-electron chi connectivity index (χ3n) is 4.14. The van der Waals surface area contributed by atoms with E-state index in [-0.39, 0.29) is 17.6 Å². The average Bonchev–Trinajstić information content (AvgIpc) is 2.66. The van der Waals surface area contributed by atoms with E-state index in [4.69, 9.17) is 0 Å². The van der Waals surface area contributed by atoms with E-state index in [0.29, 0.717) is 24.9 Å². The molecule has 1 atom stereocenters. The minimum absolute atomic E-state index is 0.202. The number of amides is 2. The van der Waals surface area contributed by atoms with Crippen molar-refractivity contribution in [2.75, 3.05) is 18.6 Å². The zero-order chi connectivity index (χ0) is 19.6. The molecule has 0 saturated carbocycles. The van der Waals surface area contributed by atoms with Crippen molar-refractivity contribution >= 4 is 23.6 Å². The molecule has 4 nitrogen and oxygen atoms in total. The average molecular weight is 389 g/mol. The van der Waals surface area contributed by atoms with Crippen LogP contribution in [0.4, 0.5) is 4.39 Å². The van der Waals surface area contributed by atoms with Crippen LogP contribution in [0, 0.1) is 12.7 Å². The lowest BCUT2D eigenvalue weighted by atomic mass is 10.1. The first-order valence-electron chi connectivity index (χ1n) is 8.88. The van der Waals surface area contributed by atoms with Crippen molar-refractivity contribution in [3.05, 3.63) is 71.0 Å². The summed E-state index contributed by atoms with van der Waals surface area (Å²) in [4.78, 5) is 25.0. The summed E-state index contributed by atoms with van der Waals surface area (Å²) in [6, 6.07) is 12.9. The molecule has 0 radical (unpaired) electrons. The first kappa shape index (κ1) is 21.0. The smallest absolute Gasteiger partial charge is 0.251 e. The quantitative estimate of drug-likeness (QED) is 0.693. The summed E-state index contributed by atoms with van der Waals surface area (Å²) < 4.78 is 12.9. The van der Waals surface area contributed by atoms with Crippen molar-refractivity contribution in [3.8, 4) is 0 Å². The molecule has 2 amide bonds. The lowest BCUT2D eigenvalue weighted by Gasteiger charge is -2.18. The summed E-state index contributed by atoms with van der Waals surface area (Å²) in [5.74, 6) is 0.0360. The lowest BCUT2D eigenvalue weighted by Crippen LogP contribution is -2.47. The molecule has 27 heavy (non-hydrogen) atoms. The van der Waals surface area contributed by atoms with E-state index in [1.165, 1.54) is 12.1 Å². The summed E-state index contributed by atoms with van der Waals surface area (Å²) in [6.07, 6.45) is 3.13. The Bertz CT molecular complexity index is 765. The number of nitrogens with one attached hydrogen (secondary N) is 2. The number of hydrogen-bond donors (Lipinski definition) is 2. The first-order valence-corrected chi connectivity index (χ1v) is 10.3. The molecule has 0 aliphatic rings. The van der Waals surface area contributed by atoms with Gasteiger partial charge in [-0.15, -0.1) is 0 Å². The van der Waals surface area contributed by atoms with Crippen LogP contribution in [0.1, 0.15) is 27.9 Å². The number of thioether (sulfide) groups is 1. The van der Waals surface area contributed by atoms with Crippen molar-refractivity contribution in [3.63, 3.8) is 0 Å². The van der Waals surface area contributed by atoms with Crippen LogP contribution < -0.4 is 10.6 Å². The summed E-state index contributed by atoms with van der Waals surface area (Å²) in [5.41, 5.74) is 2.48. The molecule has 2 aromatic carbocycles. The van der Waals surface area contributed by atoms with E-state index >= 15 is 0 Å². The highest BCUT2D eigenvalue weighted by Gasteiger charge is 2.20. The first-order chi connectivity index (χ1) is 13.0. The van der Waals surface area contributed by atoms with Gasteiger partial charge in [0, 0.05) is 12.1 Å². The molecule has 0 aliphatic carbocycles. The maximum absolute atomic E-state index is 12.9. The SMILES string of the molecule is CSCCC(NC(=O)c1cccc(C)c1)C(=O)NCCc1ccc(F)cc1. The zero-order valence-corrected chi connectivity index (χ0v) is 16.4. The topological polar surface area (TPSA) is 58.2 Å². The Morgan fingerprint density at radius 2 is 1.89 bits per heavy atom. The molecule has 0 aliphatic heterocycles. The molecule has 6 heteroatoms. The number of carbonyl (C=O) groups is 2. The molecule has 0 spiro atoms. The summed E-state index contributed by atoms with van der Waals surface area (Å²) >= 11 is 1.63. The predicted octanol–water partition coefficient (Wildman–Crippen LogP) is 3.34. The third-order valence-corrected chi connectivity index (χ3v) is 4.78. The maximum Gasteiger partial charge on any atom is 0.251 e. The van der Waals surface area contributed by atoms with Gasteiger partial charge in [-0.05, 0) is 61.6 Å². The van der Waals surface area contributed by atoms with Crippen LogP contribution >= 0.6 is 11.8 Å². The van der Waals surface area contributed by atoms with Crippen molar-refractivity contribution < 1.29 is 14.0 Å². The Kier molecular flexibility index (Phi) is 8.33. The van der Waals surface area contributed by atoms with E-state index in [2.05, 4.69) is 10.6 Å². The summed E-state index contributed by atoms with van der Waals surface area (Å²) in [6.45, 7) is 2.35. The largest absolute Gasteiger partial charge is 0.354 e. The molecular formula is C21H25FN2O2S. The second-order valence-corrected chi connectivity index (χ2v) is 7.33. The van der Waals surface area contributed by atoms with Gasteiger partial charge in [0.05, 0.1) is 0 Å².